The van der Waals surface area contributed by atoms with Crippen LogP contribution in [0.2, 0.25) is 0 Å². The summed E-state index contributed by atoms with van der Waals surface area (Å²) in [4.78, 5) is 0. The standard InChI is InChI=1S/C16H15NO2/c1-18-15-5-3-4-10-6-11-7-12(17)8-16(19-2)14(11)9-13(10)15/h3-9H,17H2,1-2H3. The summed E-state index contributed by atoms with van der Waals surface area (Å²) in [6, 6.07) is 14.0. The van der Waals surface area contributed by atoms with Crippen molar-refractivity contribution in [1.29, 1.82) is 0 Å². The van der Waals surface area contributed by atoms with Gasteiger partial charge in [-0.05, 0) is 35.0 Å². The van der Waals surface area contributed by atoms with Crippen LogP contribution in [0.4, 0.5) is 5.69 Å². The Morgan fingerprint density at radius 1 is 0.789 bits per heavy atom. The van der Waals surface area contributed by atoms with E-state index in [2.05, 4.69) is 18.2 Å². The van der Waals surface area contributed by atoms with Gasteiger partial charge in [-0.25, -0.2) is 0 Å². The van der Waals surface area contributed by atoms with Crippen LogP contribution >= 0.6 is 0 Å². The first-order valence-electron chi connectivity index (χ1n) is 6.07. The fourth-order valence-electron chi connectivity index (χ4n) is 2.44. The molecule has 0 bridgehead atoms. The topological polar surface area (TPSA) is 44.5 Å². The molecule has 0 fully saturated rings. The quantitative estimate of drug-likeness (QED) is 0.560. The molecule has 0 aliphatic heterocycles. The van der Waals surface area contributed by atoms with Gasteiger partial charge >= 0.3 is 0 Å². The first kappa shape index (κ1) is 11.7. The molecule has 0 heterocycles. The third-order valence-corrected chi connectivity index (χ3v) is 3.34. The van der Waals surface area contributed by atoms with Gasteiger partial charge in [0.15, 0.2) is 0 Å². The van der Waals surface area contributed by atoms with Gasteiger partial charge in [0.05, 0.1) is 14.2 Å². The van der Waals surface area contributed by atoms with Crippen molar-refractivity contribution in [3.63, 3.8) is 0 Å². The Hall–Kier alpha value is -2.42. The number of benzene rings is 3. The maximum atomic E-state index is 5.90. The van der Waals surface area contributed by atoms with Crippen molar-refractivity contribution in [3.8, 4) is 11.5 Å². The molecular weight excluding hydrogens is 238 g/mol. The highest BCUT2D eigenvalue weighted by molar-refractivity contribution is 6.04. The molecule has 96 valence electrons. The van der Waals surface area contributed by atoms with Crippen molar-refractivity contribution in [2.45, 2.75) is 0 Å². The van der Waals surface area contributed by atoms with Crippen LogP contribution in [0.3, 0.4) is 0 Å². The van der Waals surface area contributed by atoms with Crippen molar-refractivity contribution in [2.24, 2.45) is 0 Å². The summed E-state index contributed by atoms with van der Waals surface area (Å²) >= 11 is 0. The average molecular weight is 253 g/mol. The van der Waals surface area contributed by atoms with Crippen LogP contribution in [0.1, 0.15) is 0 Å². The van der Waals surface area contributed by atoms with Crippen LogP contribution in [0.25, 0.3) is 21.5 Å². The van der Waals surface area contributed by atoms with Gasteiger partial charge in [0.1, 0.15) is 11.5 Å². The molecule has 0 aliphatic carbocycles. The van der Waals surface area contributed by atoms with Gasteiger partial charge in [-0.2, -0.15) is 0 Å². The van der Waals surface area contributed by atoms with Gasteiger partial charge in [0.2, 0.25) is 0 Å². The van der Waals surface area contributed by atoms with Gasteiger partial charge in [-0.15, -0.1) is 0 Å². The molecule has 19 heavy (non-hydrogen) atoms. The molecule has 0 atom stereocenters. The molecule has 3 rings (SSSR count). The first-order valence-corrected chi connectivity index (χ1v) is 6.07. The number of rotatable bonds is 2. The minimum absolute atomic E-state index is 0.701. The second kappa shape index (κ2) is 4.35. The predicted octanol–water partition coefficient (Wildman–Crippen LogP) is 3.59. The summed E-state index contributed by atoms with van der Waals surface area (Å²) in [6.45, 7) is 0. The normalized spacial score (nSPS) is 10.8. The zero-order valence-electron chi connectivity index (χ0n) is 10.9. The summed E-state index contributed by atoms with van der Waals surface area (Å²) in [5, 5.41) is 4.30. The Kier molecular flexibility index (Phi) is 2.67. The third-order valence-electron chi connectivity index (χ3n) is 3.34. The monoisotopic (exact) mass is 253 g/mol. The van der Waals surface area contributed by atoms with Crippen LogP contribution in [0.5, 0.6) is 11.5 Å². The summed E-state index contributed by atoms with van der Waals surface area (Å²) in [7, 11) is 3.33. The van der Waals surface area contributed by atoms with E-state index in [1.165, 1.54) is 0 Å². The van der Waals surface area contributed by atoms with Gasteiger partial charge in [-0.1, -0.05) is 12.1 Å². The molecule has 3 aromatic carbocycles. The Morgan fingerprint density at radius 3 is 2.26 bits per heavy atom. The molecule has 3 nitrogen and oxygen atoms in total. The molecule has 0 saturated carbocycles. The number of nitrogens with two attached hydrogens (primary N) is 1. The maximum Gasteiger partial charge on any atom is 0.128 e. The molecule has 0 aromatic heterocycles. The van der Waals surface area contributed by atoms with Crippen molar-refractivity contribution in [3.05, 3.63) is 42.5 Å². The minimum Gasteiger partial charge on any atom is -0.496 e. The van der Waals surface area contributed by atoms with E-state index in [1.54, 1.807) is 14.2 Å². The number of fused-ring (bicyclic) bond motifs is 2. The molecule has 0 saturated heterocycles. The third kappa shape index (κ3) is 1.83. The molecule has 0 aliphatic rings. The number of nitrogen functional groups attached to an aromatic ring is 1. The van der Waals surface area contributed by atoms with Crippen LogP contribution in [0, 0.1) is 0 Å². The summed E-state index contributed by atoms with van der Waals surface area (Å²) in [6.07, 6.45) is 0. The smallest absolute Gasteiger partial charge is 0.128 e. The largest absolute Gasteiger partial charge is 0.496 e. The molecular formula is C16H15NO2. The van der Waals surface area contributed by atoms with Crippen molar-refractivity contribution in [1.82, 2.24) is 0 Å². The molecule has 2 N–H and O–H groups in total. The second-order valence-electron chi connectivity index (χ2n) is 4.48. The van der Waals surface area contributed by atoms with Crippen LogP contribution < -0.4 is 15.2 Å². The number of hydrogen-bond donors (Lipinski definition) is 1. The summed E-state index contributed by atoms with van der Waals surface area (Å²) in [5.41, 5.74) is 6.60. The van der Waals surface area contributed by atoms with E-state index in [0.717, 1.165) is 33.0 Å². The van der Waals surface area contributed by atoms with E-state index in [9.17, 15) is 0 Å². The van der Waals surface area contributed by atoms with Gasteiger partial charge in [0.25, 0.3) is 0 Å². The molecule has 0 unspecified atom stereocenters. The van der Waals surface area contributed by atoms with Crippen molar-refractivity contribution >= 4 is 27.2 Å². The lowest BCUT2D eigenvalue weighted by atomic mass is 10.0. The van der Waals surface area contributed by atoms with Gasteiger partial charge in [-0.3, -0.25) is 0 Å². The number of anilines is 1. The Morgan fingerprint density at radius 2 is 1.53 bits per heavy atom. The van der Waals surface area contributed by atoms with Crippen LogP contribution in [0.15, 0.2) is 42.5 Å². The lowest BCUT2D eigenvalue weighted by Crippen LogP contribution is -1.91. The fraction of sp³-hybridized carbons (Fsp3) is 0.125. The lowest BCUT2D eigenvalue weighted by Gasteiger charge is -2.10. The molecule has 0 radical (unpaired) electrons. The van der Waals surface area contributed by atoms with E-state index >= 15 is 0 Å². The maximum absolute atomic E-state index is 5.90. The molecule has 3 heteroatoms. The minimum atomic E-state index is 0.701. The van der Waals surface area contributed by atoms with Gasteiger partial charge in [0, 0.05) is 22.5 Å². The lowest BCUT2D eigenvalue weighted by molar-refractivity contribution is 0.419. The van der Waals surface area contributed by atoms with Crippen molar-refractivity contribution in [2.75, 3.05) is 20.0 Å². The highest BCUT2D eigenvalue weighted by Gasteiger charge is 2.08. The fourth-order valence-corrected chi connectivity index (χ4v) is 2.44. The zero-order valence-corrected chi connectivity index (χ0v) is 10.9. The number of methoxy groups -OCH3 is 2. The van der Waals surface area contributed by atoms with Crippen LogP contribution in [-0.2, 0) is 0 Å². The molecule has 3 aromatic rings. The zero-order chi connectivity index (χ0) is 13.4. The Bertz CT molecular complexity index is 765. The van der Waals surface area contributed by atoms with E-state index in [-0.39, 0.29) is 0 Å². The average Bonchev–Trinajstić information content (AvgIpc) is 2.43. The highest BCUT2D eigenvalue weighted by atomic mass is 16.5. The van der Waals surface area contributed by atoms with E-state index in [1.807, 2.05) is 24.3 Å². The summed E-state index contributed by atoms with van der Waals surface area (Å²) in [5.74, 6) is 1.64. The SMILES string of the molecule is COc1cccc2cc3cc(N)cc(OC)c3cc12. The number of hydrogen-bond acceptors (Lipinski definition) is 3. The van der Waals surface area contributed by atoms with E-state index < -0.39 is 0 Å². The van der Waals surface area contributed by atoms with E-state index in [4.69, 9.17) is 15.2 Å². The Balaban J connectivity index is 2.45. The van der Waals surface area contributed by atoms with Gasteiger partial charge < -0.3 is 15.2 Å². The van der Waals surface area contributed by atoms with Crippen LogP contribution in [-0.4, -0.2) is 14.2 Å². The van der Waals surface area contributed by atoms with Crippen molar-refractivity contribution < 1.29 is 9.47 Å². The summed E-state index contributed by atoms with van der Waals surface area (Å²) < 4.78 is 10.8. The Labute approximate surface area is 111 Å². The molecule has 0 spiro atoms. The molecule has 0 amide bonds. The second-order valence-corrected chi connectivity index (χ2v) is 4.48. The predicted molar refractivity (Wildman–Crippen MR) is 79.0 cm³/mol. The van der Waals surface area contributed by atoms with E-state index in [0.29, 0.717) is 5.69 Å². The first-order chi connectivity index (χ1) is 9.22. The number of ether oxygens (including phenoxy) is 2. The highest BCUT2D eigenvalue weighted by Crippen LogP contribution is 2.35.